The largest absolute Gasteiger partial charge is 0.391 e. The van der Waals surface area contributed by atoms with Crippen LogP contribution in [0.4, 0.5) is 0 Å². The monoisotopic (exact) mass is 227 g/mol. The molecule has 1 aliphatic rings. The minimum Gasteiger partial charge on any atom is -0.391 e. The van der Waals surface area contributed by atoms with Crippen LogP contribution in [0.1, 0.15) is 46.5 Å². The van der Waals surface area contributed by atoms with Crippen LogP contribution in [0.3, 0.4) is 0 Å². The first-order valence-corrected chi connectivity index (χ1v) is 6.02. The molecule has 1 amide bonds. The molecular weight excluding hydrogens is 204 g/mol. The Morgan fingerprint density at radius 2 is 1.94 bits per heavy atom. The Kier molecular flexibility index (Phi) is 4.33. The van der Waals surface area contributed by atoms with E-state index < -0.39 is 12.1 Å². The summed E-state index contributed by atoms with van der Waals surface area (Å²) in [7, 11) is 0. The van der Waals surface area contributed by atoms with E-state index in [-0.39, 0.29) is 17.4 Å². The number of carbonyl (C=O) groups excluding carboxylic acids is 1. The number of nitrogens with one attached hydrogen (secondary N) is 2. The van der Waals surface area contributed by atoms with Crippen LogP contribution in [0, 0.1) is 5.41 Å². The van der Waals surface area contributed by atoms with E-state index in [9.17, 15) is 9.90 Å². The number of aliphatic hydroxyl groups excluding tert-OH is 1. The minimum atomic E-state index is -0.776. The summed E-state index contributed by atoms with van der Waals surface area (Å²) in [5, 5.41) is 12.5. The van der Waals surface area contributed by atoms with Gasteiger partial charge in [-0.05, 0) is 18.3 Å². The SMILES string of the molecule is CC(C)(C)C([NH])C(=O)NC1CCCCC1O. The molecule has 4 heteroatoms. The fourth-order valence-electron chi connectivity index (χ4n) is 1.94. The minimum absolute atomic E-state index is 0.156. The molecule has 0 aliphatic heterocycles. The van der Waals surface area contributed by atoms with E-state index in [2.05, 4.69) is 5.32 Å². The fourth-order valence-corrected chi connectivity index (χ4v) is 1.94. The third-order valence-corrected chi connectivity index (χ3v) is 3.19. The van der Waals surface area contributed by atoms with Gasteiger partial charge in [0.15, 0.2) is 0 Å². The maximum Gasteiger partial charge on any atom is 0.239 e. The molecule has 1 radical (unpaired) electrons. The highest BCUT2D eigenvalue weighted by Crippen LogP contribution is 2.21. The Labute approximate surface area is 97.6 Å². The summed E-state index contributed by atoms with van der Waals surface area (Å²) >= 11 is 0. The van der Waals surface area contributed by atoms with Crippen molar-refractivity contribution in [2.24, 2.45) is 5.41 Å². The molecule has 0 bridgehead atoms. The molecule has 0 aromatic carbocycles. The molecule has 93 valence electrons. The normalized spacial score (nSPS) is 28.6. The summed E-state index contributed by atoms with van der Waals surface area (Å²) < 4.78 is 0. The van der Waals surface area contributed by atoms with Gasteiger partial charge < -0.3 is 10.4 Å². The Bertz CT molecular complexity index is 248. The highest BCUT2D eigenvalue weighted by atomic mass is 16.3. The van der Waals surface area contributed by atoms with E-state index in [0.717, 1.165) is 25.7 Å². The van der Waals surface area contributed by atoms with E-state index in [0.29, 0.717) is 0 Å². The maximum atomic E-state index is 11.8. The summed E-state index contributed by atoms with van der Waals surface area (Å²) in [6.07, 6.45) is 3.20. The van der Waals surface area contributed by atoms with Crippen LogP contribution in [0.2, 0.25) is 0 Å². The molecule has 1 saturated carbocycles. The van der Waals surface area contributed by atoms with Gasteiger partial charge in [0.2, 0.25) is 5.91 Å². The molecule has 3 unspecified atom stereocenters. The molecule has 3 N–H and O–H groups in total. The molecule has 4 nitrogen and oxygen atoms in total. The lowest BCUT2D eigenvalue weighted by atomic mass is 9.86. The van der Waals surface area contributed by atoms with Crippen molar-refractivity contribution < 1.29 is 9.90 Å². The molecule has 16 heavy (non-hydrogen) atoms. The van der Waals surface area contributed by atoms with Crippen LogP contribution in [-0.4, -0.2) is 29.2 Å². The lowest BCUT2D eigenvalue weighted by Gasteiger charge is -2.31. The zero-order valence-electron chi connectivity index (χ0n) is 10.4. The topological polar surface area (TPSA) is 73.1 Å². The van der Waals surface area contributed by atoms with Crippen LogP contribution in [0.15, 0.2) is 0 Å². The van der Waals surface area contributed by atoms with Gasteiger partial charge >= 0.3 is 0 Å². The van der Waals surface area contributed by atoms with E-state index in [1.807, 2.05) is 20.8 Å². The van der Waals surface area contributed by atoms with Gasteiger partial charge in [0.25, 0.3) is 0 Å². The first kappa shape index (κ1) is 13.5. The molecule has 0 spiro atoms. The first-order valence-electron chi connectivity index (χ1n) is 6.02. The summed E-state index contributed by atoms with van der Waals surface area (Å²) in [5.74, 6) is -0.265. The Morgan fingerprint density at radius 3 is 2.44 bits per heavy atom. The highest BCUT2D eigenvalue weighted by Gasteiger charge is 2.31. The Morgan fingerprint density at radius 1 is 1.38 bits per heavy atom. The highest BCUT2D eigenvalue weighted by molar-refractivity contribution is 5.82. The molecule has 1 rings (SSSR count). The zero-order chi connectivity index (χ0) is 12.3. The van der Waals surface area contributed by atoms with Crippen LogP contribution < -0.4 is 11.1 Å². The number of hydrogen-bond acceptors (Lipinski definition) is 2. The Balaban J connectivity index is 2.50. The van der Waals surface area contributed by atoms with Crippen molar-refractivity contribution in [3.05, 3.63) is 0 Å². The molecule has 3 atom stereocenters. The van der Waals surface area contributed by atoms with Crippen molar-refractivity contribution in [1.29, 1.82) is 0 Å². The molecule has 0 aromatic heterocycles. The first-order chi connectivity index (χ1) is 7.32. The van der Waals surface area contributed by atoms with Crippen LogP contribution in [-0.2, 0) is 4.79 Å². The average Bonchev–Trinajstić information content (AvgIpc) is 2.19. The zero-order valence-corrected chi connectivity index (χ0v) is 10.4. The maximum absolute atomic E-state index is 11.8. The number of amides is 1. The lowest BCUT2D eigenvalue weighted by molar-refractivity contribution is -0.126. The van der Waals surface area contributed by atoms with Gasteiger partial charge in [-0.3, -0.25) is 4.79 Å². The predicted octanol–water partition coefficient (Wildman–Crippen LogP) is 1.10. The molecule has 0 aromatic rings. The third kappa shape index (κ3) is 3.46. The summed E-state index contributed by atoms with van der Waals surface area (Å²) in [6.45, 7) is 5.63. The van der Waals surface area contributed by atoms with Gasteiger partial charge in [0, 0.05) is 0 Å². The molecule has 1 aliphatic carbocycles. The van der Waals surface area contributed by atoms with Crippen molar-refractivity contribution in [2.75, 3.05) is 0 Å². The van der Waals surface area contributed by atoms with Crippen LogP contribution in [0.5, 0.6) is 0 Å². The van der Waals surface area contributed by atoms with E-state index in [1.54, 1.807) is 0 Å². The van der Waals surface area contributed by atoms with E-state index in [1.165, 1.54) is 0 Å². The smallest absolute Gasteiger partial charge is 0.239 e. The predicted molar refractivity (Wildman–Crippen MR) is 62.7 cm³/mol. The molecule has 0 saturated heterocycles. The second-order valence-corrected chi connectivity index (χ2v) is 5.77. The van der Waals surface area contributed by atoms with E-state index in [4.69, 9.17) is 5.73 Å². The molecule has 1 fully saturated rings. The lowest BCUT2D eigenvalue weighted by Crippen LogP contribution is -2.51. The second kappa shape index (κ2) is 5.15. The standard InChI is InChI=1S/C12H23N2O2/c1-12(2,3)10(13)11(16)14-8-6-4-5-7-9(8)15/h8-10,13,15H,4-7H2,1-3H3,(H,14,16). The quantitative estimate of drug-likeness (QED) is 0.741. The molecular formula is C12H23N2O2. The van der Waals surface area contributed by atoms with Gasteiger partial charge in [-0.1, -0.05) is 33.6 Å². The van der Waals surface area contributed by atoms with Crippen LogP contribution in [0.25, 0.3) is 0 Å². The number of carbonyl (C=O) groups is 1. The van der Waals surface area contributed by atoms with E-state index >= 15 is 0 Å². The van der Waals surface area contributed by atoms with Crippen molar-refractivity contribution in [3.63, 3.8) is 0 Å². The second-order valence-electron chi connectivity index (χ2n) is 5.77. The number of rotatable bonds is 2. The van der Waals surface area contributed by atoms with Gasteiger partial charge in [-0.2, -0.15) is 0 Å². The molecule has 0 heterocycles. The van der Waals surface area contributed by atoms with Crippen molar-refractivity contribution in [2.45, 2.75) is 64.6 Å². The average molecular weight is 227 g/mol. The number of aliphatic hydroxyl groups is 1. The van der Waals surface area contributed by atoms with Crippen molar-refractivity contribution >= 4 is 5.91 Å². The van der Waals surface area contributed by atoms with Gasteiger partial charge in [0.05, 0.1) is 12.1 Å². The van der Waals surface area contributed by atoms with Gasteiger partial charge in [0.1, 0.15) is 6.04 Å². The summed E-state index contributed by atoms with van der Waals surface area (Å²) in [4.78, 5) is 11.8. The summed E-state index contributed by atoms with van der Waals surface area (Å²) in [5.41, 5.74) is 7.46. The summed E-state index contributed by atoms with van der Waals surface area (Å²) in [6, 6.07) is -0.932. The van der Waals surface area contributed by atoms with Gasteiger partial charge in [-0.15, -0.1) is 0 Å². The fraction of sp³-hybridized carbons (Fsp3) is 0.917. The van der Waals surface area contributed by atoms with Gasteiger partial charge in [-0.25, -0.2) is 5.73 Å². The van der Waals surface area contributed by atoms with Crippen molar-refractivity contribution in [3.8, 4) is 0 Å². The third-order valence-electron chi connectivity index (χ3n) is 3.19. The van der Waals surface area contributed by atoms with Crippen LogP contribution >= 0.6 is 0 Å². The number of hydrogen-bond donors (Lipinski definition) is 2. The Hall–Kier alpha value is -0.610. The van der Waals surface area contributed by atoms with Crippen molar-refractivity contribution in [1.82, 2.24) is 11.1 Å².